The van der Waals surface area contributed by atoms with Crippen LogP contribution in [0.15, 0.2) is 0 Å². The van der Waals surface area contributed by atoms with Crippen LogP contribution in [0.5, 0.6) is 0 Å². The molecule has 2 fully saturated rings. The molecule has 1 aliphatic heterocycles. The summed E-state index contributed by atoms with van der Waals surface area (Å²) in [6.07, 6.45) is 5.99. The van der Waals surface area contributed by atoms with Crippen molar-refractivity contribution in [3.63, 3.8) is 0 Å². The van der Waals surface area contributed by atoms with E-state index in [1.165, 1.54) is 6.42 Å². The van der Waals surface area contributed by atoms with Crippen molar-refractivity contribution in [2.75, 3.05) is 6.54 Å². The summed E-state index contributed by atoms with van der Waals surface area (Å²) in [5, 5.41) is 5.73. The molecule has 1 saturated carbocycles. The Morgan fingerprint density at radius 3 is 2.56 bits per heavy atom. The molecule has 0 bridgehead atoms. The molecule has 2 rings (SSSR count). The average Bonchev–Trinajstić information content (AvgIpc) is 2.33. The van der Waals surface area contributed by atoms with Gasteiger partial charge in [0.1, 0.15) is 0 Å². The number of nitrogens with one attached hydrogen (secondary N) is 2. The van der Waals surface area contributed by atoms with E-state index >= 15 is 0 Å². The van der Waals surface area contributed by atoms with Crippen LogP contribution in [-0.2, 0) is 9.59 Å². The number of hydrogen-bond donors (Lipinski definition) is 3. The van der Waals surface area contributed by atoms with E-state index in [4.69, 9.17) is 5.73 Å². The van der Waals surface area contributed by atoms with Crippen molar-refractivity contribution < 1.29 is 9.59 Å². The highest BCUT2D eigenvalue weighted by molar-refractivity contribution is 5.86. The molecule has 104 valence electrons. The number of carbonyl (C=O) groups is 2. The predicted molar refractivity (Wildman–Crippen MR) is 71.4 cm³/mol. The lowest BCUT2D eigenvalue weighted by Gasteiger charge is -2.34. The SMILES string of the molecule is Cl.NC1(C(=O)NC2CCC(=O)NC2)CCCCC1. The van der Waals surface area contributed by atoms with Gasteiger partial charge in [-0.2, -0.15) is 0 Å². The van der Waals surface area contributed by atoms with Crippen LogP contribution in [0.4, 0.5) is 0 Å². The number of hydrogen-bond acceptors (Lipinski definition) is 3. The van der Waals surface area contributed by atoms with E-state index in [2.05, 4.69) is 10.6 Å². The summed E-state index contributed by atoms with van der Waals surface area (Å²) >= 11 is 0. The maximum atomic E-state index is 12.1. The van der Waals surface area contributed by atoms with Crippen molar-refractivity contribution in [2.24, 2.45) is 5.73 Å². The lowest BCUT2D eigenvalue weighted by Crippen LogP contribution is -2.59. The molecule has 4 N–H and O–H groups in total. The first-order valence-corrected chi connectivity index (χ1v) is 6.47. The predicted octanol–water partition coefficient (Wildman–Crippen LogP) is 0.465. The van der Waals surface area contributed by atoms with E-state index in [1.807, 2.05) is 0 Å². The summed E-state index contributed by atoms with van der Waals surface area (Å²) in [5.41, 5.74) is 5.47. The Morgan fingerprint density at radius 2 is 2.00 bits per heavy atom. The molecule has 5 nitrogen and oxygen atoms in total. The van der Waals surface area contributed by atoms with Gasteiger partial charge in [-0.05, 0) is 19.3 Å². The molecule has 1 saturated heterocycles. The molecule has 1 unspecified atom stereocenters. The molecular weight excluding hydrogens is 254 g/mol. The molecule has 1 aliphatic carbocycles. The van der Waals surface area contributed by atoms with Gasteiger partial charge in [0.05, 0.1) is 5.54 Å². The van der Waals surface area contributed by atoms with Gasteiger partial charge in [0, 0.05) is 19.0 Å². The third-order valence-corrected chi connectivity index (χ3v) is 3.80. The number of amides is 2. The Labute approximate surface area is 114 Å². The van der Waals surface area contributed by atoms with E-state index in [0.29, 0.717) is 19.4 Å². The van der Waals surface area contributed by atoms with Gasteiger partial charge >= 0.3 is 0 Å². The zero-order chi connectivity index (χ0) is 12.3. The molecular formula is C12H22ClN3O2. The van der Waals surface area contributed by atoms with Crippen LogP contribution in [0, 0.1) is 0 Å². The number of piperidine rings is 1. The van der Waals surface area contributed by atoms with E-state index in [-0.39, 0.29) is 30.3 Å². The van der Waals surface area contributed by atoms with E-state index < -0.39 is 5.54 Å². The second-order valence-electron chi connectivity index (χ2n) is 5.23. The van der Waals surface area contributed by atoms with Crippen molar-refractivity contribution in [3.8, 4) is 0 Å². The van der Waals surface area contributed by atoms with Crippen LogP contribution in [0.25, 0.3) is 0 Å². The minimum absolute atomic E-state index is 0. The van der Waals surface area contributed by atoms with Crippen molar-refractivity contribution in [1.29, 1.82) is 0 Å². The lowest BCUT2D eigenvalue weighted by atomic mass is 9.81. The van der Waals surface area contributed by atoms with E-state index in [1.54, 1.807) is 0 Å². The Morgan fingerprint density at radius 1 is 1.33 bits per heavy atom. The maximum Gasteiger partial charge on any atom is 0.240 e. The van der Waals surface area contributed by atoms with Gasteiger partial charge < -0.3 is 16.4 Å². The average molecular weight is 276 g/mol. The van der Waals surface area contributed by atoms with E-state index in [0.717, 1.165) is 25.7 Å². The van der Waals surface area contributed by atoms with Crippen LogP contribution >= 0.6 is 12.4 Å². The van der Waals surface area contributed by atoms with Crippen LogP contribution in [0.3, 0.4) is 0 Å². The first-order chi connectivity index (χ1) is 8.10. The first-order valence-electron chi connectivity index (χ1n) is 6.47. The zero-order valence-electron chi connectivity index (χ0n) is 10.5. The molecule has 1 heterocycles. The summed E-state index contributed by atoms with van der Waals surface area (Å²) in [5.74, 6) is 0.0222. The molecule has 0 aromatic rings. The van der Waals surface area contributed by atoms with Gasteiger partial charge in [-0.3, -0.25) is 9.59 Å². The van der Waals surface area contributed by atoms with Gasteiger partial charge in [-0.1, -0.05) is 19.3 Å². The summed E-state index contributed by atoms with van der Waals surface area (Å²) in [6, 6.07) is 0.0440. The lowest BCUT2D eigenvalue weighted by molar-refractivity contribution is -0.130. The summed E-state index contributed by atoms with van der Waals surface area (Å²) in [6.45, 7) is 0.528. The van der Waals surface area contributed by atoms with Crippen LogP contribution < -0.4 is 16.4 Å². The Kier molecular flexibility index (Phi) is 5.41. The molecule has 0 aromatic heterocycles. The molecule has 0 radical (unpaired) electrons. The fourth-order valence-electron chi connectivity index (χ4n) is 2.59. The minimum Gasteiger partial charge on any atom is -0.354 e. The second-order valence-corrected chi connectivity index (χ2v) is 5.23. The van der Waals surface area contributed by atoms with Crippen LogP contribution in [0.2, 0.25) is 0 Å². The quantitative estimate of drug-likeness (QED) is 0.685. The second kappa shape index (κ2) is 6.38. The van der Waals surface area contributed by atoms with Crippen molar-refractivity contribution >= 4 is 24.2 Å². The Balaban J connectivity index is 0.00000162. The molecule has 0 spiro atoms. The number of rotatable bonds is 2. The third kappa shape index (κ3) is 3.59. The molecule has 6 heteroatoms. The molecule has 2 aliphatic rings. The number of halogens is 1. The van der Waals surface area contributed by atoms with Gasteiger partial charge in [-0.25, -0.2) is 0 Å². The van der Waals surface area contributed by atoms with Crippen molar-refractivity contribution in [2.45, 2.75) is 56.5 Å². The molecule has 0 aromatic carbocycles. The van der Waals surface area contributed by atoms with Gasteiger partial charge in [0.25, 0.3) is 0 Å². The summed E-state index contributed by atoms with van der Waals surface area (Å²) < 4.78 is 0. The zero-order valence-corrected chi connectivity index (χ0v) is 11.4. The minimum atomic E-state index is -0.681. The smallest absolute Gasteiger partial charge is 0.240 e. The van der Waals surface area contributed by atoms with Crippen LogP contribution in [0.1, 0.15) is 44.9 Å². The monoisotopic (exact) mass is 275 g/mol. The van der Waals surface area contributed by atoms with Crippen molar-refractivity contribution in [1.82, 2.24) is 10.6 Å². The van der Waals surface area contributed by atoms with Crippen LogP contribution in [-0.4, -0.2) is 29.9 Å². The molecule has 2 amide bonds. The number of nitrogens with two attached hydrogens (primary N) is 1. The highest BCUT2D eigenvalue weighted by atomic mass is 35.5. The van der Waals surface area contributed by atoms with Gasteiger partial charge in [-0.15, -0.1) is 12.4 Å². The largest absolute Gasteiger partial charge is 0.354 e. The fourth-order valence-corrected chi connectivity index (χ4v) is 2.59. The highest BCUT2D eigenvalue weighted by Gasteiger charge is 2.36. The highest BCUT2D eigenvalue weighted by Crippen LogP contribution is 2.26. The Bertz CT molecular complexity index is 306. The van der Waals surface area contributed by atoms with E-state index in [9.17, 15) is 9.59 Å². The first kappa shape index (κ1) is 15.2. The van der Waals surface area contributed by atoms with Gasteiger partial charge in [0.2, 0.25) is 11.8 Å². The Hall–Kier alpha value is -0.810. The number of carbonyl (C=O) groups excluding carboxylic acids is 2. The fraction of sp³-hybridized carbons (Fsp3) is 0.833. The summed E-state index contributed by atoms with van der Waals surface area (Å²) in [7, 11) is 0. The normalized spacial score (nSPS) is 26.7. The molecule has 1 atom stereocenters. The maximum absolute atomic E-state index is 12.1. The summed E-state index contributed by atoms with van der Waals surface area (Å²) in [4.78, 5) is 23.1. The molecule has 18 heavy (non-hydrogen) atoms. The third-order valence-electron chi connectivity index (χ3n) is 3.80. The topological polar surface area (TPSA) is 84.2 Å². The van der Waals surface area contributed by atoms with Crippen molar-refractivity contribution in [3.05, 3.63) is 0 Å². The standard InChI is InChI=1S/C12H21N3O2.ClH/c13-12(6-2-1-3-7-12)11(17)15-9-4-5-10(16)14-8-9;/h9H,1-8,13H2,(H,14,16)(H,15,17);1H. The van der Waals surface area contributed by atoms with Gasteiger partial charge in [0.15, 0.2) is 0 Å².